The molecular weight excluding hydrogens is 581 g/mol. The van der Waals surface area contributed by atoms with Crippen LogP contribution in [0.15, 0.2) is 66.7 Å². The lowest BCUT2D eigenvalue weighted by molar-refractivity contribution is -0.137. The van der Waals surface area contributed by atoms with Crippen molar-refractivity contribution in [3.05, 3.63) is 94.0 Å². The number of carbonyl (C=O) groups excluding carboxylic acids is 1. The number of rotatable bonds is 15. The van der Waals surface area contributed by atoms with Crippen LogP contribution >= 0.6 is 11.3 Å². The Hall–Kier alpha value is -3.72. The van der Waals surface area contributed by atoms with Crippen LogP contribution in [-0.2, 0) is 25.4 Å². The summed E-state index contributed by atoms with van der Waals surface area (Å²) in [6, 6.07) is 18.3. The van der Waals surface area contributed by atoms with Crippen LogP contribution in [-0.4, -0.2) is 29.2 Å². The Morgan fingerprint density at radius 3 is 2.16 bits per heavy atom. The maximum atomic E-state index is 13.1. The van der Waals surface area contributed by atoms with Gasteiger partial charge in [-0.05, 0) is 72.6 Å². The summed E-state index contributed by atoms with van der Waals surface area (Å²) in [5.41, 5.74) is 4.97. The normalized spacial score (nSPS) is 11.5. The summed E-state index contributed by atoms with van der Waals surface area (Å²) in [5, 5.41) is 12.5. The predicted octanol–water partition coefficient (Wildman–Crippen LogP) is 9.62. The van der Waals surface area contributed by atoms with Gasteiger partial charge in [0.2, 0.25) is 5.13 Å². The minimum Gasteiger partial charge on any atom is -0.371 e. The minimum atomic E-state index is -4.42. The number of nitrogens with one attached hydrogen (secondary N) is 1. The van der Waals surface area contributed by atoms with Crippen molar-refractivity contribution in [1.82, 2.24) is 10.2 Å². The van der Waals surface area contributed by atoms with E-state index in [1.807, 2.05) is 0 Å². The van der Waals surface area contributed by atoms with Crippen molar-refractivity contribution in [2.75, 3.05) is 23.3 Å². The molecule has 0 bridgehead atoms. The van der Waals surface area contributed by atoms with Gasteiger partial charge in [0.05, 0.1) is 5.56 Å². The number of anilines is 2. The van der Waals surface area contributed by atoms with Crippen molar-refractivity contribution < 1.29 is 18.0 Å². The van der Waals surface area contributed by atoms with E-state index in [0.29, 0.717) is 21.8 Å². The number of para-hydroxylation sites is 1. The van der Waals surface area contributed by atoms with E-state index in [1.165, 1.54) is 53.1 Å². The van der Waals surface area contributed by atoms with Gasteiger partial charge in [-0.2, -0.15) is 13.2 Å². The number of halogens is 3. The summed E-state index contributed by atoms with van der Waals surface area (Å²) < 4.78 is 39.0. The number of aromatic nitrogens is 2. The number of hydrogen-bond donors (Lipinski definition) is 1. The standard InChI is InChI=1S/C35H41F3N4OS/c1-4-7-23-42(32-25(5-2)14-13-15-26(32)6-3)24-12-8-9-18-31-40-41-34(44-31)39-33(43)30-17-11-10-16-29(30)27-19-21-28(22-20-27)35(36,37)38/h10-11,13-17,19-22H,4-9,12,18,23-24H2,1-3H3,(H,39,41,43). The van der Waals surface area contributed by atoms with Crippen molar-refractivity contribution in [3.63, 3.8) is 0 Å². The molecule has 0 saturated carbocycles. The van der Waals surface area contributed by atoms with Gasteiger partial charge < -0.3 is 4.90 Å². The fourth-order valence-electron chi connectivity index (χ4n) is 5.40. The zero-order valence-electron chi connectivity index (χ0n) is 25.7. The van der Waals surface area contributed by atoms with Crippen LogP contribution in [0.4, 0.5) is 24.0 Å². The molecule has 0 aliphatic rings. The Bertz CT molecular complexity index is 1480. The molecule has 234 valence electrons. The summed E-state index contributed by atoms with van der Waals surface area (Å²) >= 11 is 1.35. The van der Waals surface area contributed by atoms with E-state index in [1.54, 1.807) is 24.3 Å². The van der Waals surface area contributed by atoms with Crippen LogP contribution in [0.3, 0.4) is 0 Å². The highest BCUT2D eigenvalue weighted by molar-refractivity contribution is 7.15. The van der Waals surface area contributed by atoms with Crippen LogP contribution in [0, 0.1) is 0 Å². The highest BCUT2D eigenvalue weighted by Crippen LogP contribution is 2.32. The van der Waals surface area contributed by atoms with Gasteiger partial charge in [0.15, 0.2) is 0 Å². The maximum absolute atomic E-state index is 13.1. The molecule has 0 atom stereocenters. The van der Waals surface area contributed by atoms with E-state index in [-0.39, 0.29) is 5.91 Å². The fourth-order valence-corrected chi connectivity index (χ4v) is 6.18. The number of hydrogen-bond acceptors (Lipinski definition) is 5. The fraction of sp³-hybridized carbons (Fsp3) is 0.400. The first kappa shape index (κ1) is 33.2. The molecule has 1 N–H and O–H groups in total. The van der Waals surface area contributed by atoms with Gasteiger partial charge in [0, 0.05) is 30.8 Å². The first-order chi connectivity index (χ1) is 21.2. The van der Waals surface area contributed by atoms with Crippen molar-refractivity contribution >= 4 is 28.1 Å². The van der Waals surface area contributed by atoms with Crippen LogP contribution in [0.25, 0.3) is 11.1 Å². The second-order valence-electron chi connectivity index (χ2n) is 10.9. The lowest BCUT2D eigenvalue weighted by Crippen LogP contribution is -2.28. The monoisotopic (exact) mass is 622 g/mol. The van der Waals surface area contributed by atoms with Gasteiger partial charge in [-0.3, -0.25) is 10.1 Å². The molecule has 4 aromatic rings. The molecular formula is C35H41F3N4OS. The van der Waals surface area contributed by atoms with Crippen molar-refractivity contribution in [2.45, 2.75) is 78.3 Å². The molecule has 0 aliphatic carbocycles. The van der Waals surface area contributed by atoms with Crippen molar-refractivity contribution in [3.8, 4) is 11.1 Å². The Labute approximate surface area is 262 Å². The van der Waals surface area contributed by atoms with Crippen LogP contribution in [0.2, 0.25) is 0 Å². The van der Waals surface area contributed by atoms with Crippen molar-refractivity contribution in [2.24, 2.45) is 0 Å². The molecule has 1 amide bonds. The molecule has 0 unspecified atom stereocenters. The molecule has 5 nitrogen and oxygen atoms in total. The Kier molecular flexibility index (Phi) is 11.9. The third-order valence-electron chi connectivity index (χ3n) is 7.76. The molecule has 0 radical (unpaired) electrons. The third kappa shape index (κ3) is 8.68. The van der Waals surface area contributed by atoms with Gasteiger partial charge in [-0.1, -0.05) is 93.5 Å². The molecule has 0 fully saturated rings. The Balaban J connectivity index is 1.32. The van der Waals surface area contributed by atoms with E-state index >= 15 is 0 Å². The maximum Gasteiger partial charge on any atom is 0.416 e. The summed E-state index contributed by atoms with van der Waals surface area (Å²) in [4.78, 5) is 15.7. The van der Waals surface area contributed by atoms with Crippen LogP contribution in [0.1, 0.15) is 84.9 Å². The molecule has 0 aliphatic heterocycles. The molecule has 1 heterocycles. The number of alkyl halides is 3. The van der Waals surface area contributed by atoms with Crippen LogP contribution < -0.4 is 10.2 Å². The average Bonchev–Trinajstić information content (AvgIpc) is 3.48. The zero-order valence-corrected chi connectivity index (χ0v) is 26.5. The summed E-state index contributed by atoms with van der Waals surface area (Å²) in [6.07, 6.45) is 3.92. The molecule has 4 rings (SSSR count). The molecule has 0 saturated heterocycles. The predicted molar refractivity (Wildman–Crippen MR) is 175 cm³/mol. The minimum absolute atomic E-state index is 0.354. The Morgan fingerprint density at radius 2 is 1.50 bits per heavy atom. The lowest BCUT2D eigenvalue weighted by atomic mass is 9.98. The SMILES string of the molecule is CCCCN(CCCCCc1nnc(NC(=O)c2ccccc2-c2ccc(C(F)(F)F)cc2)s1)c1c(CC)cccc1CC. The van der Waals surface area contributed by atoms with Gasteiger partial charge >= 0.3 is 6.18 Å². The number of unbranched alkanes of at least 4 members (excludes halogenated alkanes) is 3. The van der Waals surface area contributed by atoms with E-state index < -0.39 is 11.7 Å². The number of amides is 1. The number of nitrogens with zero attached hydrogens (tertiary/aromatic N) is 3. The summed E-state index contributed by atoms with van der Waals surface area (Å²) in [7, 11) is 0. The van der Waals surface area contributed by atoms with E-state index in [9.17, 15) is 18.0 Å². The van der Waals surface area contributed by atoms with Crippen molar-refractivity contribution in [1.29, 1.82) is 0 Å². The second-order valence-corrected chi connectivity index (χ2v) is 11.9. The zero-order chi connectivity index (χ0) is 31.5. The first-order valence-corrected chi connectivity index (χ1v) is 16.3. The summed E-state index contributed by atoms with van der Waals surface area (Å²) in [6.45, 7) is 8.80. The molecule has 44 heavy (non-hydrogen) atoms. The lowest BCUT2D eigenvalue weighted by Gasteiger charge is -2.29. The number of carbonyl (C=O) groups is 1. The number of benzene rings is 3. The highest BCUT2D eigenvalue weighted by atomic mass is 32.1. The number of aryl methyl sites for hydroxylation is 3. The molecule has 3 aromatic carbocycles. The van der Waals surface area contributed by atoms with Gasteiger partial charge in [-0.25, -0.2) is 0 Å². The second kappa shape index (κ2) is 15.8. The summed E-state index contributed by atoms with van der Waals surface area (Å²) in [5.74, 6) is -0.380. The Morgan fingerprint density at radius 1 is 0.818 bits per heavy atom. The molecule has 0 spiro atoms. The van der Waals surface area contributed by atoms with Crippen LogP contribution in [0.5, 0.6) is 0 Å². The van der Waals surface area contributed by atoms with E-state index in [2.05, 4.69) is 59.4 Å². The quantitative estimate of drug-likeness (QED) is 0.134. The molecule has 9 heteroatoms. The first-order valence-electron chi connectivity index (χ1n) is 15.5. The third-order valence-corrected chi connectivity index (χ3v) is 8.66. The van der Waals surface area contributed by atoms with Gasteiger partial charge in [-0.15, -0.1) is 10.2 Å². The topological polar surface area (TPSA) is 58.1 Å². The average molecular weight is 623 g/mol. The van der Waals surface area contributed by atoms with Gasteiger partial charge in [0.1, 0.15) is 5.01 Å². The highest BCUT2D eigenvalue weighted by Gasteiger charge is 2.30. The largest absolute Gasteiger partial charge is 0.416 e. The van der Waals surface area contributed by atoms with Gasteiger partial charge in [0.25, 0.3) is 5.91 Å². The smallest absolute Gasteiger partial charge is 0.371 e. The van der Waals surface area contributed by atoms with E-state index in [4.69, 9.17) is 0 Å². The molecule has 1 aromatic heterocycles. The van der Waals surface area contributed by atoms with E-state index in [0.717, 1.165) is 68.8 Å².